The number of amides is 6. The minimum Gasteiger partial charge on any atom is -0.491 e. The van der Waals surface area contributed by atoms with Gasteiger partial charge in [0, 0.05) is 98.0 Å². The average molecular weight is 1380 g/mol. The number of benzene rings is 3. The number of anilines is 2. The maximum absolute atomic E-state index is 13.8. The van der Waals surface area contributed by atoms with Crippen LogP contribution in [0.15, 0.2) is 91.1 Å². The molecule has 7 N–H and O–H groups in total. The normalized spacial score (nSPS) is 25.2. The third-order valence-corrected chi connectivity index (χ3v) is 20.7. The number of aliphatic hydroxyl groups excluding tert-OH is 3. The number of hydrogen-bond acceptors (Lipinski definition) is 20. The Morgan fingerprint density at radius 2 is 1.60 bits per heavy atom. The van der Waals surface area contributed by atoms with Crippen LogP contribution >= 0.6 is 11.3 Å². The number of carbonyl (C=O) groups is 7. The predicted molar refractivity (Wildman–Crippen MR) is 360 cm³/mol. The summed E-state index contributed by atoms with van der Waals surface area (Å²) in [5, 5.41) is 63.5. The summed E-state index contributed by atoms with van der Waals surface area (Å²) in [4.78, 5) is 102. The minimum atomic E-state index is -1.97. The standard InChI is InChI=1S/C71H83N9O18S/c1-42-48(47-19-20-49(74-57(47)62(87)88)44-16-15-43-11-10-25-78(51(43)31-44)66(91)76-65-75-50-12-7-8-13-53(50)99-65)33-73-80(42)41-70-36-68(2)35-69(3,37-70)39-71(38-68,40-70)96-28-26-77(4)67(92)95-34-45-17-18-46(32-52(45)97-64-60(86)58(84)59(85)61(98-64)63(89)90)94-30-29-93-27-23-72-54(81)14-6-5-9-24-79-55(82)21-22-56(79)83/h7-8,12-13,15-22,31-33,58-61,64,84-86H,5-6,9-11,14,23-30,34-41H2,1-4H3,(H,72,81)(H,87,88)(H,89,90)(H,75,76,91)/t58-,59-,60+,61-,64+,68?,69?,70?,71?/m0/s1. The number of imide groups is 1. The Hall–Kier alpha value is -8.90. The molecule has 3 aromatic carbocycles. The van der Waals surface area contributed by atoms with Crippen LogP contribution in [-0.2, 0) is 57.7 Å². The van der Waals surface area contributed by atoms with Crippen LogP contribution in [0.4, 0.5) is 20.4 Å². The Balaban J connectivity index is 0.651. The van der Waals surface area contributed by atoms with Gasteiger partial charge in [0.05, 0.1) is 47.5 Å². The summed E-state index contributed by atoms with van der Waals surface area (Å²) in [6, 6.07) is 21.3. The lowest BCUT2D eigenvalue weighted by Crippen LogP contribution is -2.64. The summed E-state index contributed by atoms with van der Waals surface area (Å²) in [7, 11) is 1.59. The molecule has 526 valence electrons. The number of urea groups is 1. The van der Waals surface area contributed by atoms with Crippen molar-refractivity contribution < 1.29 is 87.5 Å². The van der Waals surface area contributed by atoms with Crippen LogP contribution in [0.3, 0.4) is 0 Å². The van der Waals surface area contributed by atoms with E-state index in [0.717, 1.165) is 78.5 Å². The fraction of sp³-hybridized carbons (Fsp3) is 0.493. The first kappa shape index (κ1) is 70.0. The van der Waals surface area contributed by atoms with Gasteiger partial charge >= 0.3 is 24.1 Å². The largest absolute Gasteiger partial charge is 0.491 e. The molecule has 3 aliphatic heterocycles. The topological polar surface area (TPSA) is 353 Å². The number of ether oxygens (including phenoxy) is 6. The lowest BCUT2D eigenvalue weighted by atomic mass is 9.39. The molecule has 99 heavy (non-hydrogen) atoms. The number of fused-ring (bicyclic) bond motifs is 2. The second-order valence-corrected chi connectivity index (χ2v) is 28.8. The van der Waals surface area contributed by atoms with E-state index in [1.807, 2.05) is 60.1 Å². The van der Waals surface area contributed by atoms with E-state index in [-0.39, 0.29) is 115 Å². The van der Waals surface area contributed by atoms with Crippen molar-refractivity contribution in [1.29, 1.82) is 0 Å². The average Bonchev–Trinajstić information content (AvgIpc) is 0.771. The number of aliphatic carboxylic acids is 1. The number of pyridine rings is 1. The van der Waals surface area contributed by atoms with E-state index in [4.69, 9.17) is 38.5 Å². The number of para-hydroxylation sites is 1. The SMILES string of the molecule is Cc1c(-c2ccc(-c3ccc4c(c3)N(C(=O)Nc3nc5ccccc5s3)CCC4)nc2C(=O)O)cnn1CC12CC3(C)CC(C)(C1)CC(OCCN(C)C(=O)OCc1ccc(OCCOCCNC(=O)CCCCCN4C(=O)C=CC4=O)cc1O[C@@H]1O[C@H](C(=O)O)[C@@H](O)[C@H](O)[C@H]1O)(C3)C2. The molecule has 13 rings (SSSR count). The number of nitrogens with one attached hydrogen (secondary N) is 2. The van der Waals surface area contributed by atoms with Crippen molar-refractivity contribution in [2.45, 2.75) is 147 Å². The molecule has 3 aromatic heterocycles. The molecule has 4 aliphatic carbocycles. The van der Waals surface area contributed by atoms with E-state index in [1.54, 1.807) is 30.3 Å². The zero-order valence-corrected chi connectivity index (χ0v) is 56.5. The van der Waals surface area contributed by atoms with Gasteiger partial charge in [-0.15, -0.1) is 0 Å². The van der Waals surface area contributed by atoms with Crippen LogP contribution < -0.4 is 25.0 Å². The highest BCUT2D eigenvalue weighted by Gasteiger charge is 2.66. The molecule has 6 heterocycles. The number of rotatable bonds is 28. The fourth-order valence-corrected chi connectivity index (χ4v) is 17.1. The van der Waals surface area contributed by atoms with Gasteiger partial charge in [-0.05, 0) is 135 Å². The first-order valence-corrected chi connectivity index (χ1v) is 34.3. The van der Waals surface area contributed by atoms with E-state index in [0.29, 0.717) is 66.4 Å². The van der Waals surface area contributed by atoms with Crippen molar-refractivity contribution in [2.24, 2.45) is 16.2 Å². The number of nitrogens with zero attached hydrogens (tertiary/aromatic N) is 7. The summed E-state index contributed by atoms with van der Waals surface area (Å²) in [5.74, 6) is -3.45. The van der Waals surface area contributed by atoms with Gasteiger partial charge in [-0.25, -0.2) is 29.1 Å². The van der Waals surface area contributed by atoms with E-state index < -0.39 is 54.3 Å². The molecule has 7 atom stereocenters. The van der Waals surface area contributed by atoms with Gasteiger partial charge in [0.25, 0.3) is 11.8 Å². The highest BCUT2D eigenvalue weighted by atomic mass is 32.1. The van der Waals surface area contributed by atoms with Crippen molar-refractivity contribution in [1.82, 2.24) is 34.9 Å². The van der Waals surface area contributed by atoms with E-state index in [1.165, 1.54) is 45.4 Å². The lowest BCUT2D eigenvalue weighted by molar-refractivity contribution is -0.271. The van der Waals surface area contributed by atoms with Crippen LogP contribution in [0.2, 0.25) is 0 Å². The molecule has 1 saturated heterocycles. The molecular weight excluding hydrogens is 1300 g/mol. The molecule has 6 aromatic rings. The summed E-state index contributed by atoms with van der Waals surface area (Å²) in [5.41, 5.74) is 4.86. The summed E-state index contributed by atoms with van der Waals surface area (Å²) in [6.45, 7) is 8.58. The number of aryl methyl sites for hydroxylation is 1. The van der Waals surface area contributed by atoms with Gasteiger partial charge in [-0.3, -0.25) is 34.2 Å². The van der Waals surface area contributed by atoms with Gasteiger partial charge in [0.15, 0.2) is 16.9 Å². The lowest BCUT2D eigenvalue weighted by Gasteiger charge is -2.69. The summed E-state index contributed by atoms with van der Waals surface area (Å²) in [6.07, 6.45) is 2.97. The number of carboxylic acids is 2. The Labute approximate surface area is 575 Å². The third-order valence-electron chi connectivity index (χ3n) is 19.7. The molecule has 7 aliphatic rings. The first-order valence-electron chi connectivity index (χ1n) is 33.5. The number of aliphatic hydroxyl groups is 3. The minimum absolute atomic E-state index is 0.0373. The van der Waals surface area contributed by atoms with Gasteiger partial charge < -0.3 is 64.2 Å². The van der Waals surface area contributed by atoms with Gasteiger partial charge in [0.2, 0.25) is 12.2 Å². The highest BCUT2D eigenvalue weighted by Crippen LogP contribution is 2.72. The number of aromatic carboxylic acids is 1. The monoisotopic (exact) mass is 1380 g/mol. The third kappa shape index (κ3) is 15.6. The van der Waals surface area contributed by atoms with Crippen LogP contribution in [0.5, 0.6) is 11.5 Å². The number of unbranched alkanes of at least 4 members (excludes halogenated alkanes) is 2. The molecule has 4 saturated carbocycles. The Kier molecular flexibility index (Phi) is 20.6. The fourth-order valence-electron chi connectivity index (χ4n) is 16.3. The number of carboxylic acid groups (broad SMARTS) is 2. The Morgan fingerprint density at radius 3 is 2.35 bits per heavy atom. The molecule has 5 fully saturated rings. The Morgan fingerprint density at radius 1 is 0.818 bits per heavy atom. The van der Waals surface area contributed by atoms with Crippen LogP contribution in [-0.4, -0.2) is 193 Å². The molecule has 2 unspecified atom stereocenters. The number of carbonyl (C=O) groups excluding carboxylic acids is 5. The molecule has 0 radical (unpaired) electrons. The molecule has 4 bridgehead atoms. The number of thiazole rings is 1. The quantitative estimate of drug-likeness (QED) is 0.0181. The van der Waals surface area contributed by atoms with Crippen molar-refractivity contribution >= 4 is 74.2 Å². The molecule has 0 spiro atoms. The number of hydrogen-bond donors (Lipinski definition) is 7. The van der Waals surface area contributed by atoms with E-state index in [9.17, 15) is 59.1 Å². The van der Waals surface area contributed by atoms with Crippen molar-refractivity contribution in [3.63, 3.8) is 0 Å². The summed E-state index contributed by atoms with van der Waals surface area (Å²) >= 11 is 1.41. The Bertz CT molecular complexity index is 4030. The van der Waals surface area contributed by atoms with E-state index in [2.05, 4.69) is 29.5 Å². The van der Waals surface area contributed by atoms with E-state index >= 15 is 0 Å². The zero-order chi connectivity index (χ0) is 70.0. The van der Waals surface area contributed by atoms with Gasteiger partial charge in [-0.2, -0.15) is 5.10 Å². The van der Waals surface area contributed by atoms with Crippen molar-refractivity contribution in [3.8, 4) is 33.9 Å². The number of aromatic nitrogens is 4. The van der Waals surface area contributed by atoms with Crippen molar-refractivity contribution in [3.05, 3.63) is 114 Å². The molecule has 6 amide bonds. The maximum Gasteiger partial charge on any atom is 0.409 e. The van der Waals surface area contributed by atoms with Gasteiger partial charge in [0.1, 0.15) is 43.0 Å². The highest BCUT2D eigenvalue weighted by molar-refractivity contribution is 7.22. The molecule has 27 nitrogen and oxygen atoms in total. The first-order chi connectivity index (χ1) is 47.4. The number of likely N-dealkylation sites (N-methyl/N-ethyl adjacent to an activating group) is 1. The smallest absolute Gasteiger partial charge is 0.409 e. The van der Waals surface area contributed by atoms with Crippen molar-refractivity contribution in [2.75, 3.05) is 69.9 Å². The van der Waals surface area contributed by atoms with Gasteiger partial charge in [-0.1, -0.05) is 55.9 Å². The second kappa shape index (κ2) is 29.1. The maximum atomic E-state index is 13.8. The molecule has 28 heteroatoms. The zero-order valence-electron chi connectivity index (χ0n) is 55.7. The van der Waals surface area contributed by atoms with Crippen LogP contribution in [0.1, 0.15) is 112 Å². The van der Waals surface area contributed by atoms with Crippen LogP contribution in [0, 0.1) is 23.2 Å². The predicted octanol–water partition coefficient (Wildman–Crippen LogP) is 7.89. The van der Waals surface area contributed by atoms with Crippen LogP contribution in [0.25, 0.3) is 32.6 Å². The summed E-state index contributed by atoms with van der Waals surface area (Å²) < 4.78 is 38.7. The molecular formula is C71H83N9O18S. The second-order valence-electron chi connectivity index (χ2n) is 27.8.